The van der Waals surface area contributed by atoms with Crippen LogP contribution < -0.4 is 5.73 Å². The molecule has 1 rings (SSSR count). The summed E-state index contributed by atoms with van der Waals surface area (Å²) < 4.78 is 4.60. The highest BCUT2D eigenvalue weighted by atomic mass is 32.1. The van der Waals surface area contributed by atoms with Crippen LogP contribution in [0, 0.1) is 0 Å². The van der Waals surface area contributed by atoms with E-state index in [2.05, 4.69) is 4.74 Å². The molecule has 0 aromatic carbocycles. The third-order valence-electron chi connectivity index (χ3n) is 1.79. The minimum absolute atomic E-state index is 0.350. The van der Waals surface area contributed by atoms with Gasteiger partial charge in [0, 0.05) is 10.3 Å². The summed E-state index contributed by atoms with van der Waals surface area (Å²) in [4.78, 5) is 12.2. The molecule has 0 aliphatic rings. The maximum absolute atomic E-state index is 11.2. The Morgan fingerprint density at radius 2 is 2.23 bits per heavy atom. The minimum atomic E-state index is -0.361. The lowest BCUT2D eigenvalue weighted by Gasteiger charge is -2.03. The van der Waals surface area contributed by atoms with Crippen molar-refractivity contribution in [3.63, 3.8) is 0 Å². The van der Waals surface area contributed by atoms with E-state index in [1.807, 2.05) is 13.8 Å². The molecule has 0 saturated carbocycles. The quantitative estimate of drug-likeness (QED) is 0.743. The van der Waals surface area contributed by atoms with Gasteiger partial charge in [-0.3, -0.25) is 0 Å². The number of nitrogen functional groups attached to an aromatic ring is 1. The molecule has 0 radical (unpaired) electrons. The lowest BCUT2D eigenvalue weighted by molar-refractivity contribution is 0.0602. The largest absolute Gasteiger partial charge is 0.465 e. The van der Waals surface area contributed by atoms with Gasteiger partial charge in [-0.1, -0.05) is 13.8 Å². The molecule has 1 aromatic rings. The Hall–Kier alpha value is -1.03. The predicted molar refractivity (Wildman–Crippen MR) is 54.2 cm³/mol. The SMILES string of the molecule is COC(=O)c1csc(C(C)C)c1N. The van der Waals surface area contributed by atoms with E-state index in [1.54, 1.807) is 5.38 Å². The van der Waals surface area contributed by atoms with Crippen LogP contribution in [0.5, 0.6) is 0 Å². The van der Waals surface area contributed by atoms with Crippen molar-refractivity contribution in [1.29, 1.82) is 0 Å². The van der Waals surface area contributed by atoms with E-state index in [-0.39, 0.29) is 5.97 Å². The average Bonchev–Trinajstić information content (AvgIpc) is 2.46. The number of ether oxygens (including phenoxy) is 1. The van der Waals surface area contributed by atoms with Crippen LogP contribution in [0.3, 0.4) is 0 Å². The fourth-order valence-corrected chi connectivity index (χ4v) is 2.07. The number of carbonyl (C=O) groups excluding carboxylic acids is 1. The number of hydrogen-bond donors (Lipinski definition) is 1. The van der Waals surface area contributed by atoms with Gasteiger partial charge in [0.05, 0.1) is 18.4 Å². The summed E-state index contributed by atoms with van der Waals surface area (Å²) >= 11 is 1.50. The Labute approximate surface area is 81.5 Å². The van der Waals surface area contributed by atoms with Gasteiger partial charge in [0.2, 0.25) is 0 Å². The Kier molecular flexibility index (Phi) is 2.93. The molecule has 0 aliphatic carbocycles. The minimum Gasteiger partial charge on any atom is -0.465 e. The molecule has 72 valence electrons. The Balaban J connectivity index is 3.06. The van der Waals surface area contributed by atoms with Gasteiger partial charge in [-0.05, 0) is 5.92 Å². The number of rotatable bonds is 2. The molecule has 0 unspecified atom stereocenters. The molecule has 0 bridgehead atoms. The zero-order valence-electron chi connectivity index (χ0n) is 7.96. The second-order valence-electron chi connectivity index (χ2n) is 3.07. The van der Waals surface area contributed by atoms with E-state index >= 15 is 0 Å². The van der Waals surface area contributed by atoms with Gasteiger partial charge in [-0.25, -0.2) is 4.79 Å². The van der Waals surface area contributed by atoms with Gasteiger partial charge >= 0.3 is 5.97 Å². The number of methoxy groups -OCH3 is 1. The van der Waals surface area contributed by atoms with Crippen LogP contribution in [0.2, 0.25) is 0 Å². The van der Waals surface area contributed by atoms with E-state index in [4.69, 9.17) is 5.73 Å². The maximum Gasteiger partial charge on any atom is 0.340 e. The fraction of sp³-hybridized carbons (Fsp3) is 0.444. The lowest BCUT2D eigenvalue weighted by Crippen LogP contribution is -2.04. The molecule has 13 heavy (non-hydrogen) atoms. The summed E-state index contributed by atoms with van der Waals surface area (Å²) in [5.41, 5.74) is 6.83. The van der Waals surface area contributed by atoms with Crippen LogP contribution >= 0.6 is 11.3 Å². The first kappa shape index (κ1) is 10.1. The molecule has 4 heteroatoms. The standard InChI is InChI=1S/C9H13NO2S/c1-5(2)8-7(10)6(4-13-8)9(11)12-3/h4-5H,10H2,1-3H3. The number of esters is 1. The third-order valence-corrected chi connectivity index (χ3v) is 3.09. The first-order valence-corrected chi connectivity index (χ1v) is 4.91. The van der Waals surface area contributed by atoms with Crippen LogP contribution in [0.1, 0.15) is 35.0 Å². The van der Waals surface area contributed by atoms with Crippen molar-refractivity contribution in [2.75, 3.05) is 12.8 Å². The zero-order valence-corrected chi connectivity index (χ0v) is 8.77. The van der Waals surface area contributed by atoms with Crippen LogP contribution in [0.25, 0.3) is 0 Å². The molecule has 0 fully saturated rings. The van der Waals surface area contributed by atoms with Gasteiger partial charge in [0.25, 0.3) is 0 Å². The number of thiophene rings is 1. The Morgan fingerprint density at radius 1 is 1.62 bits per heavy atom. The molecular weight excluding hydrogens is 186 g/mol. The zero-order chi connectivity index (χ0) is 10.0. The fourth-order valence-electron chi connectivity index (χ4n) is 1.10. The van der Waals surface area contributed by atoms with Gasteiger partial charge in [0.15, 0.2) is 0 Å². The average molecular weight is 199 g/mol. The molecular formula is C9H13NO2S. The highest BCUT2D eigenvalue weighted by Gasteiger charge is 2.16. The van der Waals surface area contributed by atoms with E-state index in [0.29, 0.717) is 17.2 Å². The summed E-state index contributed by atoms with van der Waals surface area (Å²) in [7, 11) is 1.36. The van der Waals surface area contributed by atoms with Crippen molar-refractivity contribution < 1.29 is 9.53 Å². The predicted octanol–water partition coefficient (Wildman–Crippen LogP) is 2.24. The second-order valence-corrected chi connectivity index (χ2v) is 3.98. The monoisotopic (exact) mass is 199 g/mol. The number of nitrogens with two attached hydrogens (primary N) is 1. The number of carbonyl (C=O) groups is 1. The van der Waals surface area contributed by atoms with Crippen molar-refractivity contribution in [2.24, 2.45) is 0 Å². The van der Waals surface area contributed by atoms with Crippen molar-refractivity contribution >= 4 is 23.0 Å². The highest BCUT2D eigenvalue weighted by Crippen LogP contribution is 2.31. The molecule has 3 nitrogen and oxygen atoms in total. The van der Waals surface area contributed by atoms with Crippen molar-refractivity contribution in [3.8, 4) is 0 Å². The molecule has 0 spiro atoms. The van der Waals surface area contributed by atoms with Gasteiger partial charge in [-0.15, -0.1) is 11.3 Å². The summed E-state index contributed by atoms with van der Waals surface area (Å²) in [6.45, 7) is 4.09. The molecule has 0 amide bonds. The van der Waals surface area contributed by atoms with Gasteiger partial charge in [-0.2, -0.15) is 0 Å². The Bertz CT molecular complexity index is 317. The molecule has 1 heterocycles. The first-order valence-electron chi connectivity index (χ1n) is 4.03. The maximum atomic E-state index is 11.2. The van der Waals surface area contributed by atoms with Gasteiger partial charge < -0.3 is 10.5 Å². The van der Waals surface area contributed by atoms with Crippen molar-refractivity contribution in [3.05, 3.63) is 15.8 Å². The first-order chi connectivity index (χ1) is 6.07. The smallest absolute Gasteiger partial charge is 0.340 e. The number of anilines is 1. The van der Waals surface area contributed by atoms with E-state index < -0.39 is 0 Å². The molecule has 0 aliphatic heterocycles. The van der Waals surface area contributed by atoms with Crippen LogP contribution in [-0.2, 0) is 4.74 Å². The van der Waals surface area contributed by atoms with Crippen LogP contribution in [0.4, 0.5) is 5.69 Å². The summed E-state index contributed by atoms with van der Waals surface area (Å²) in [6.07, 6.45) is 0. The summed E-state index contributed by atoms with van der Waals surface area (Å²) in [6, 6.07) is 0. The molecule has 0 atom stereocenters. The van der Waals surface area contributed by atoms with Crippen molar-refractivity contribution in [1.82, 2.24) is 0 Å². The van der Waals surface area contributed by atoms with Gasteiger partial charge in [0.1, 0.15) is 0 Å². The van der Waals surface area contributed by atoms with Crippen LogP contribution in [-0.4, -0.2) is 13.1 Å². The molecule has 1 aromatic heterocycles. The highest BCUT2D eigenvalue weighted by molar-refractivity contribution is 7.11. The topological polar surface area (TPSA) is 52.3 Å². The summed E-state index contributed by atoms with van der Waals surface area (Å²) in [5.74, 6) is -0.0101. The van der Waals surface area contributed by atoms with E-state index in [1.165, 1.54) is 18.4 Å². The Morgan fingerprint density at radius 3 is 2.62 bits per heavy atom. The number of hydrogen-bond acceptors (Lipinski definition) is 4. The van der Waals surface area contributed by atoms with E-state index in [0.717, 1.165) is 4.88 Å². The van der Waals surface area contributed by atoms with E-state index in [9.17, 15) is 4.79 Å². The lowest BCUT2D eigenvalue weighted by atomic mass is 10.1. The third kappa shape index (κ3) is 1.83. The summed E-state index contributed by atoms with van der Waals surface area (Å²) in [5, 5.41) is 1.75. The molecule has 2 N–H and O–H groups in total. The van der Waals surface area contributed by atoms with Crippen LogP contribution in [0.15, 0.2) is 5.38 Å². The second kappa shape index (κ2) is 3.79. The molecule has 0 saturated heterocycles. The van der Waals surface area contributed by atoms with Crippen molar-refractivity contribution in [2.45, 2.75) is 19.8 Å². The normalized spacial score (nSPS) is 10.5.